The predicted octanol–water partition coefficient (Wildman–Crippen LogP) is 3.64. The average molecular weight is 452 g/mol. The monoisotopic (exact) mass is 451 g/mol. The average Bonchev–Trinajstić information content (AvgIpc) is 3.50. The van der Waals surface area contributed by atoms with Gasteiger partial charge in [0.2, 0.25) is 0 Å². The standard InChI is InChI=1S/C23H22FN5O2S/c24-17-5-3-16(4-6-17)18-14-32-23-20(18)21(26-15-27-23)29-11-9-28(10-12-29)8-7-25-22(30)19-2-1-13-31-19/h1-6,13-15H,7-12H2,(H,25,30). The van der Waals surface area contributed by atoms with E-state index in [1.165, 1.54) is 18.4 Å². The SMILES string of the molecule is O=C(NCCN1CCN(c2ncnc3scc(-c4ccc(F)cc4)c23)CC1)c1ccco1. The van der Waals surface area contributed by atoms with E-state index in [0.717, 1.165) is 59.9 Å². The predicted molar refractivity (Wildman–Crippen MR) is 123 cm³/mol. The number of fused-ring (bicyclic) bond motifs is 1. The first-order valence-electron chi connectivity index (χ1n) is 10.5. The molecule has 0 aliphatic carbocycles. The van der Waals surface area contributed by atoms with Crippen LogP contribution in [0.2, 0.25) is 0 Å². The molecule has 4 aromatic rings. The van der Waals surface area contributed by atoms with E-state index >= 15 is 0 Å². The second kappa shape index (κ2) is 9.05. The van der Waals surface area contributed by atoms with Gasteiger partial charge in [0.05, 0.1) is 11.6 Å². The summed E-state index contributed by atoms with van der Waals surface area (Å²) < 4.78 is 18.5. The Hall–Kier alpha value is -3.30. The van der Waals surface area contributed by atoms with Crippen LogP contribution in [0.1, 0.15) is 10.6 Å². The fourth-order valence-corrected chi connectivity index (χ4v) is 4.86. The van der Waals surface area contributed by atoms with E-state index in [9.17, 15) is 9.18 Å². The van der Waals surface area contributed by atoms with Gasteiger partial charge >= 0.3 is 0 Å². The van der Waals surface area contributed by atoms with Crippen molar-refractivity contribution in [2.45, 2.75) is 0 Å². The number of piperazine rings is 1. The molecule has 0 bridgehead atoms. The van der Waals surface area contributed by atoms with E-state index in [1.807, 2.05) is 0 Å². The van der Waals surface area contributed by atoms with Crippen molar-refractivity contribution in [3.63, 3.8) is 0 Å². The van der Waals surface area contributed by atoms with Crippen molar-refractivity contribution in [3.8, 4) is 11.1 Å². The summed E-state index contributed by atoms with van der Waals surface area (Å²) in [5.74, 6) is 0.806. The molecular formula is C23H22FN5O2S. The van der Waals surface area contributed by atoms with E-state index in [-0.39, 0.29) is 11.7 Å². The molecule has 3 aromatic heterocycles. The van der Waals surface area contributed by atoms with Crippen molar-refractivity contribution in [3.05, 3.63) is 65.9 Å². The van der Waals surface area contributed by atoms with Gasteiger partial charge in [-0.1, -0.05) is 12.1 Å². The van der Waals surface area contributed by atoms with E-state index in [2.05, 4.69) is 30.5 Å². The third kappa shape index (κ3) is 4.21. The summed E-state index contributed by atoms with van der Waals surface area (Å²) in [7, 11) is 0. The Bertz CT molecular complexity index is 1200. The van der Waals surface area contributed by atoms with Crippen molar-refractivity contribution < 1.29 is 13.6 Å². The van der Waals surface area contributed by atoms with E-state index < -0.39 is 0 Å². The van der Waals surface area contributed by atoms with Crippen LogP contribution in [0.4, 0.5) is 10.2 Å². The lowest BCUT2D eigenvalue weighted by Gasteiger charge is -2.35. The van der Waals surface area contributed by atoms with Gasteiger partial charge < -0.3 is 14.6 Å². The number of amides is 1. The van der Waals surface area contributed by atoms with Crippen LogP contribution in [-0.2, 0) is 0 Å². The smallest absolute Gasteiger partial charge is 0.287 e. The number of hydrogen-bond donors (Lipinski definition) is 1. The van der Waals surface area contributed by atoms with Crippen LogP contribution < -0.4 is 10.2 Å². The van der Waals surface area contributed by atoms with Gasteiger partial charge in [-0.2, -0.15) is 0 Å². The molecule has 32 heavy (non-hydrogen) atoms. The van der Waals surface area contributed by atoms with Crippen LogP contribution >= 0.6 is 11.3 Å². The molecule has 5 rings (SSSR count). The quantitative estimate of drug-likeness (QED) is 0.483. The molecule has 0 atom stereocenters. The highest BCUT2D eigenvalue weighted by atomic mass is 32.1. The number of aromatic nitrogens is 2. The number of carbonyl (C=O) groups excluding carboxylic acids is 1. The second-order valence-corrected chi connectivity index (χ2v) is 8.45. The highest BCUT2D eigenvalue weighted by Gasteiger charge is 2.22. The Balaban J connectivity index is 1.24. The summed E-state index contributed by atoms with van der Waals surface area (Å²) >= 11 is 1.57. The lowest BCUT2D eigenvalue weighted by Crippen LogP contribution is -2.48. The van der Waals surface area contributed by atoms with E-state index in [0.29, 0.717) is 12.3 Å². The Morgan fingerprint density at radius 2 is 1.94 bits per heavy atom. The third-order valence-electron chi connectivity index (χ3n) is 5.64. The summed E-state index contributed by atoms with van der Waals surface area (Å²) in [6, 6.07) is 9.90. The van der Waals surface area contributed by atoms with Crippen molar-refractivity contribution in [1.82, 2.24) is 20.2 Å². The third-order valence-corrected chi connectivity index (χ3v) is 6.52. The summed E-state index contributed by atoms with van der Waals surface area (Å²) in [5, 5.41) is 5.97. The van der Waals surface area contributed by atoms with Gasteiger partial charge in [0.1, 0.15) is 22.8 Å². The number of rotatable bonds is 6. The van der Waals surface area contributed by atoms with Crippen LogP contribution in [0.25, 0.3) is 21.3 Å². The maximum atomic E-state index is 13.4. The molecule has 9 heteroatoms. The molecule has 0 unspecified atom stereocenters. The fourth-order valence-electron chi connectivity index (χ4n) is 3.95. The highest BCUT2D eigenvalue weighted by molar-refractivity contribution is 7.17. The molecule has 7 nitrogen and oxygen atoms in total. The van der Waals surface area contributed by atoms with Gasteiger partial charge in [-0.3, -0.25) is 9.69 Å². The van der Waals surface area contributed by atoms with Crippen molar-refractivity contribution in [2.75, 3.05) is 44.2 Å². The maximum Gasteiger partial charge on any atom is 0.287 e. The molecule has 1 aromatic carbocycles. The number of nitrogens with zero attached hydrogens (tertiary/aromatic N) is 4. The number of nitrogens with one attached hydrogen (secondary N) is 1. The number of halogens is 1. The summed E-state index contributed by atoms with van der Waals surface area (Å²) in [6.45, 7) is 4.75. The minimum absolute atomic E-state index is 0.192. The van der Waals surface area contributed by atoms with Crippen LogP contribution in [0.5, 0.6) is 0 Å². The zero-order valence-corrected chi connectivity index (χ0v) is 18.1. The molecule has 1 amide bonds. The zero-order valence-electron chi connectivity index (χ0n) is 17.3. The highest BCUT2D eigenvalue weighted by Crippen LogP contribution is 2.38. The molecule has 1 N–H and O–H groups in total. The molecule has 0 spiro atoms. The number of furan rings is 1. The largest absolute Gasteiger partial charge is 0.459 e. The first kappa shape index (κ1) is 20.6. The van der Waals surface area contributed by atoms with Crippen molar-refractivity contribution in [1.29, 1.82) is 0 Å². The normalized spacial score (nSPS) is 14.7. The number of anilines is 1. The van der Waals surface area contributed by atoms with Crippen LogP contribution in [0, 0.1) is 5.82 Å². The molecule has 164 valence electrons. The number of benzene rings is 1. The molecule has 4 heterocycles. The molecule has 1 saturated heterocycles. The number of thiophene rings is 1. The lowest BCUT2D eigenvalue weighted by atomic mass is 10.1. The summed E-state index contributed by atoms with van der Waals surface area (Å²) in [5.41, 5.74) is 1.99. The van der Waals surface area contributed by atoms with Gasteiger partial charge in [-0.05, 0) is 29.8 Å². The van der Waals surface area contributed by atoms with Crippen LogP contribution in [0.3, 0.4) is 0 Å². The molecular weight excluding hydrogens is 429 g/mol. The van der Waals surface area contributed by atoms with Crippen LogP contribution in [0.15, 0.2) is 58.8 Å². The molecule has 1 fully saturated rings. The molecule has 1 aliphatic heterocycles. The Labute approximate surface area is 188 Å². The van der Waals surface area contributed by atoms with Crippen LogP contribution in [-0.4, -0.2) is 60.0 Å². The summed E-state index contributed by atoms with van der Waals surface area (Å²) in [6.07, 6.45) is 3.10. The number of carbonyl (C=O) groups is 1. The minimum Gasteiger partial charge on any atom is -0.459 e. The van der Waals surface area contributed by atoms with Gasteiger partial charge in [-0.15, -0.1) is 11.3 Å². The fraction of sp³-hybridized carbons (Fsp3) is 0.261. The van der Waals surface area contributed by atoms with Gasteiger partial charge in [0.15, 0.2) is 5.76 Å². The Morgan fingerprint density at radius 1 is 1.12 bits per heavy atom. The molecule has 0 saturated carbocycles. The molecule has 0 radical (unpaired) electrons. The first-order chi connectivity index (χ1) is 15.7. The van der Waals surface area contributed by atoms with E-state index in [4.69, 9.17) is 4.42 Å². The zero-order chi connectivity index (χ0) is 21.9. The topological polar surface area (TPSA) is 74.5 Å². The number of hydrogen-bond acceptors (Lipinski definition) is 7. The Morgan fingerprint density at radius 3 is 2.69 bits per heavy atom. The van der Waals surface area contributed by atoms with Gasteiger partial charge in [0.25, 0.3) is 5.91 Å². The van der Waals surface area contributed by atoms with Crippen molar-refractivity contribution in [2.24, 2.45) is 0 Å². The maximum absolute atomic E-state index is 13.4. The molecule has 1 aliphatic rings. The first-order valence-corrected chi connectivity index (χ1v) is 11.3. The van der Waals surface area contributed by atoms with Crippen molar-refractivity contribution >= 4 is 33.3 Å². The Kier molecular flexibility index (Phi) is 5.83. The summed E-state index contributed by atoms with van der Waals surface area (Å²) in [4.78, 5) is 26.6. The van der Waals surface area contributed by atoms with E-state index in [1.54, 1.807) is 41.9 Å². The van der Waals surface area contributed by atoms with Gasteiger partial charge in [-0.25, -0.2) is 14.4 Å². The van der Waals surface area contributed by atoms with Gasteiger partial charge in [0, 0.05) is 50.2 Å². The minimum atomic E-state index is -0.249. The lowest BCUT2D eigenvalue weighted by molar-refractivity contribution is 0.0920. The second-order valence-electron chi connectivity index (χ2n) is 7.60.